The molecule has 0 spiro atoms. The maximum absolute atomic E-state index is 11.2. The number of aliphatic imine (C=N–C) groups is 2. The van der Waals surface area contributed by atoms with Gasteiger partial charge in [-0.25, -0.2) is 16.8 Å². The molecule has 0 saturated carbocycles. The number of nitro benzene ring substituents is 2. The van der Waals surface area contributed by atoms with Crippen LogP contribution in [0.15, 0.2) is 44.0 Å². The van der Waals surface area contributed by atoms with Gasteiger partial charge in [-0.1, -0.05) is 0 Å². The molecule has 0 heterocycles. The molecule has 0 amide bonds. The topological polar surface area (TPSA) is 266 Å². The van der Waals surface area contributed by atoms with Crippen LogP contribution in [-0.2, 0) is 20.2 Å². The number of rotatable bonds is 10. The van der Waals surface area contributed by atoms with Gasteiger partial charge in [0.05, 0.1) is 19.6 Å². The van der Waals surface area contributed by atoms with E-state index in [1.165, 1.54) is 0 Å². The van der Waals surface area contributed by atoms with Gasteiger partial charge in [0.25, 0.3) is 0 Å². The molecule has 0 atom stereocenters. The summed E-state index contributed by atoms with van der Waals surface area (Å²) in [5, 5.41) is 41.7. The number of aromatic hydroxyl groups is 2. The zero-order valence-corrected chi connectivity index (χ0v) is 24.8. The zero-order valence-electron chi connectivity index (χ0n) is 19.2. The molecule has 0 fully saturated rings. The molecule has 16 nitrogen and oxygen atoms in total. The predicted octanol–water partition coefficient (Wildman–Crippen LogP) is -5.34. The van der Waals surface area contributed by atoms with E-state index < -0.39 is 73.9 Å². The third kappa shape index (κ3) is 9.67. The number of phenols is 2. The summed E-state index contributed by atoms with van der Waals surface area (Å²) in [6.07, 6.45) is 1.97. The first-order valence-electron chi connectivity index (χ1n) is 9.07. The van der Waals surface area contributed by atoms with Gasteiger partial charge in [-0.3, -0.25) is 30.2 Å². The van der Waals surface area contributed by atoms with Gasteiger partial charge in [-0.05, 0) is 18.6 Å². The van der Waals surface area contributed by atoms with E-state index in [1.807, 2.05) is 0 Å². The molecule has 188 valence electrons. The summed E-state index contributed by atoms with van der Waals surface area (Å²) in [4.78, 5) is 25.5. The van der Waals surface area contributed by atoms with Crippen molar-refractivity contribution in [3.8, 4) is 11.5 Å². The SMILES string of the molecule is O=[N+]([O-])c1cc(S(=O)(=O)[O-])cc(C=NCCCN=Cc2cc(S(=O)(=O)[O-])cc([N+](=O)[O-])c2O)c1O.[Na+].[Na+]. The molecular formula is C17H14N4Na2O12S2. The molecule has 2 aromatic rings. The Morgan fingerprint density at radius 2 is 1.05 bits per heavy atom. The average molecular weight is 576 g/mol. The minimum Gasteiger partial charge on any atom is -0.744 e. The molecule has 0 unspecified atom stereocenters. The van der Waals surface area contributed by atoms with Crippen molar-refractivity contribution >= 4 is 44.0 Å². The second kappa shape index (κ2) is 14.2. The van der Waals surface area contributed by atoms with Crippen molar-refractivity contribution in [2.45, 2.75) is 16.2 Å². The van der Waals surface area contributed by atoms with Crippen molar-refractivity contribution in [2.75, 3.05) is 13.1 Å². The van der Waals surface area contributed by atoms with Crippen molar-refractivity contribution in [3.05, 3.63) is 55.6 Å². The first-order chi connectivity index (χ1) is 16.1. The van der Waals surface area contributed by atoms with Gasteiger partial charge in [-0.15, -0.1) is 0 Å². The Kier molecular flexibility index (Phi) is 13.5. The molecule has 0 aliphatic heterocycles. The summed E-state index contributed by atoms with van der Waals surface area (Å²) < 4.78 is 67.0. The Bertz CT molecular complexity index is 1350. The van der Waals surface area contributed by atoms with Gasteiger partial charge in [0.1, 0.15) is 20.2 Å². The van der Waals surface area contributed by atoms with Crippen LogP contribution in [0.1, 0.15) is 17.5 Å². The second-order valence-corrected chi connectivity index (χ2v) is 9.37. The van der Waals surface area contributed by atoms with E-state index in [1.54, 1.807) is 0 Å². The van der Waals surface area contributed by atoms with Crippen molar-refractivity contribution < 1.29 is 105 Å². The van der Waals surface area contributed by atoms with Crippen molar-refractivity contribution in [2.24, 2.45) is 9.98 Å². The Morgan fingerprint density at radius 3 is 1.32 bits per heavy atom. The molecule has 0 aliphatic rings. The fourth-order valence-corrected chi connectivity index (χ4v) is 3.63. The normalized spacial score (nSPS) is 11.7. The van der Waals surface area contributed by atoms with Crippen LogP contribution in [0.2, 0.25) is 0 Å². The first kappa shape index (κ1) is 35.0. The van der Waals surface area contributed by atoms with Crippen LogP contribution >= 0.6 is 0 Å². The Labute approximate surface area is 253 Å². The largest absolute Gasteiger partial charge is 1.00 e. The summed E-state index contributed by atoms with van der Waals surface area (Å²) in [5.74, 6) is -1.82. The third-order valence-electron chi connectivity index (χ3n) is 4.19. The number of phenolic OH excluding ortho intramolecular Hbond substituents is 2. The van der Waals surface area contributed by atoms with E-state index in [-0.39, 0.29) is 78.6 Å². The van der Waals surface area contributed by atoms with Crippen LogP contribution in [0.5, 0.6) is 11.5 Å². The van der Waals surface area contributed by atoms with Gasteiger partial charge in [0.15, 0.2) is 0 Å². The van der Waals surface area contributed by atoms with Crippen LogP contribution in [-0.4, -0.2) is 71.5 Å². The fourth-order valence-electron chi connectivity index (χ4n) is 2.57. The first-order valence-corrected chi connectivity index (χ1v) is 11.9. The van der Waals surface area contributed by atoms with E-state index in [0.29, 0.717) is 24.3 Å². The second-order valence-electron chi connectivity index (χ2n) is 6.61. The van der Waals surface area contributed by atoms with Crippen LogP contribution in [0, 0.1) is 20.2 Å². The number of benzene rings is 2. The monoisotopic (exact) mass is 576 g/mol. The maximum Gasteiger partial charge on any atom is 1.00 e. The molecule has 0 aromatic heterocycles. The van der Waals surface area contributed by atoms with E-state index in [9.17, 15) is 56.4 Å². The number of nitrogens with zero attached hydrogens (tertiary/aromatic N) is 4. The molecule has 20 heteroatoms. The van der Waals surface area contributed by atoms with E-state index in [4.69, 9.17) is 0 Å². The molecule has 0 bridgehead atoms. The van der Waals surface area contributed by atoms with Gasteiger partial charge in [0, 0.05) is 48.8 Å². The summed E-state index contributed by atoms with van der Waals surface area (Å²) in [5.41, 5.74) is -2.82. The number of nitro groups is 2. The summed E-state index contributed by atoms with van der Waals surface area (Å²) in [6.45, 7) is -0.0555. The molecule has 2 aromatic carbocycles. The Balaban J connectivity index is 0.00000648. The smallest absolute Gasteiger partial charge is 0.744 e. The quantitative estimate of drug-likeness (QED) is 0.0670. The Morgan fingerprint density at radius 1 is 0.730 bits per heavy atom. The average Bonchev–Trinajstić information content (AvgIpc) is 2.72. The summed E-state index contributed by atoms with van der Waals surface area (Å²) in [7, 11) is -10.1. The van der Waals surface area contributed by atoms with E-state index in [0.717, 1.165) is 12.4 Å². The zero-order chi connectivity index (χ0) is 26.6. The van der Waals surface area contributed by atoms with Crippen molar-refractivity contribution in [1.82, 2.24) is 0 Å². The predicted molar refractivity (Wildman–Crippen MR) is 115 cm³/mol. The number of hydrogen-bond donors (Lipinski definition) is 2. The summed E-state index contributed by atoms with van der Waals surface area (Å²) in [6, 6.07) is 2.24. The van der Waals surface area contributed by atoms with Crippen LogP contribution in [0.25, 0.3) is 0 Å². The fraction of sp³-hybridized carbons (Fsp3) is 0.176. The van der Waals surface area contributed by atoms with E-state index >= 15 is 0 Å². The summed E-state index contributed by atoms with van der Waals surface area (Å²) >= 11 is 0. The molecular weight excluding hydrogens is 562 g/mol. The molecule has 0 aliphatic carbocycles. The minimum atomic E-state index is -5.06. The number of hydrogen-bond acceptors (Lipinski definition) is 14. The van der Waals surface area contributed by atoms with Gasteiger partial charge in [-0.2, -0.15) is 0 Å². The van der Waals surface area contributed by atoms with Crippen LogP contribution in [0.4, 0.5) is 11.4 Å². The van der Waals surface area contributed by atoms with Crippen molar-refractivity contribution in [1.29, 1.82) is 0 Å². The molecule has 37 heavy (non-hydrogen) atoms. The van der Waals surface area contributed by atoms with E-state index in [2.05, 4.69) is 9.98 Å². The van der Waals surface area contributed by atoms with Gasteiger partial charge in [0.2, 0.25) is 11.5 Å². The molecule has 0 saturated heterocycles. The third-order valence-corrected chi connectivity index (χ3v) is 5.82. The molecule has 2 N–H and O–H groups in total. The van der Waals surface area contributed by atoms with Crippen LogP contribution in [0.3, 0.4) is 0 Å². The van der Waals surface area contributed by atoms with Crippen molar-refractivity contribution in [3.63, 3.8) is 0 Å². The standard InChI is InChI=1S/C17H16N4O12S2.2Na/c22-16-10(4-12(34(28,29)30)6-14(16)20(24)25)8-18-2-1-3-19-9-11-5-13(35(31,32)33)7-15(17(11)23)21(26)27;;/h4-9,22-23H,1-3H2,(H,28,29,30)(H,31,32,33);;/q;2*+1/p-2. The molecule has 0 radical (unpaired) electrons. The maximum atomic E-state index is 11.2. The minimum absolute atomic E-state index is 0. The van der Waals surface area contributed by atoms with Crippen LogP contribution < -0.4 is 59.1 Å². The molecule has 2 rings (SSSR count). The van der Waals surface area contributed by atoms with Gasteiger partial charge >= 0.3 is 70.5 Å². The Hall–Kier alpha value is -2.00. The van der Waals surface area contributed by atoms with Gasteiger partial charge < -0.3 is 19.3 Å².